The quantitative estimate of drug-likeness (QED) is 0.609. The summed E-state index contributed by atoms with van der Waals surface area (Å²) in [4.78, 5) is 30.7. The second-order valence-electron chi connectivity index (χ2n) is 9.60. The zero-order valence-corrected chi connectivity index (χ0v) is 21.3. The van der Waals surface area contributed by atoms with Gasteiger partial charge in [-0.25, -0.2) is 8.42 Å². The molecule has 188 valence electrons. The maximum atomic E-state index is 13.4. The summed E-state index contributed by atoms with van der Waals surface area (Å²) in [6.45, 7) is 6.29. The highest BCUT2D eigenvalue weighted by Crippen LogP contribution is 2.33. The highest BCUT2D eigenvalue weighted by atomic mass is 32.2. The highest BCUT2D eigenvalue weighted by molar-refractivity contribution is 7.90. The van der Waals surface area contributed by atoms with Crippen molar-refractivity contribution in [1.29, 1.82) is 0 Å². The molecule has 0 spiro atoms. The first-order chi connectivity index (χ1) is 16.6. The van der Waals surface area contributed by atoms with Crippen LogP contribution >= 0.6 is 0 Å². The fraction of sp³-hybridized carbons (Fsp3) is 0.462. The Hall–Kier alpha value is -2.91. The molecule has 2 atom stereocenters. The molecule has 2 aliphatic heterocycles. The monoisotopic (exact) mass is 499 g/mol. The minimum absolute atomic E-state index is 0.0509. The van der Waals surface area contributed by atoms with E-state index in [2.05, 4.69) is 36.9 Å². The standard InChI is InChI=1S/C26H33N3O5S/c1-18-12-19(2)14-23(13-18)27-8-10-28(11-9-27)26(32)24-7-6-20(15-25(24)35(3,33)34)29-21(16-30)4-5-22(29)17-31/h6-7,12-16,21-22,31H,4-5,8-11,17H2,1-3H3/t21?,22-/m0/s1. The number of piperazine rings is 1. The average molecular weight is 500 g/mol. The van der Waals surface area contributed by atoms with Crippen molar-refractivity contribution in [3.05, 3.63) is 53.1 Å². The van der Waals surface area contributed by atoms with E-state index in [4.69, 9.17) is 0 Å². The number of sulfone groups is 1. The molecule has 9 heteroatoms. The van der Waals surface area contributed by atoms with E-state index in [1.54, 1.807) is 21.9 Å². The Balaban J connectivity index is 1.57. The van der Waals surface area contributed by atoms with Crippen LogP contribution in [0, 0.1) is 13.8 Å². The molecule has 2 heterocycles. The number of aryl methyl sites for hydroxylation is 2. The Bertz CT molecular complexity index is 1200. The number of rotatable bonds is 6. The molecule has 2 aliphatic rings. The van der Waals surface area contributed by atoms with E-state index in [0.29, 0.717) is 44.7 Å². The summed E-state index contributed by atoms with van der Waals surface area (Å²) in [5.41, 5.74) is 4.17. The molecule has 8 nitrogen and oxygen atoms in total. The van der Waals surface area contributed by atoms with Crippen LogP contribution in [0.3, 0.4) is 0 Å². The van der Waals surface area contributed by atoms with E-state index in [1.807, 2.05) is 0 Å². The number of nitrogens with zero attached hydrogens (tertiary/aromatic N) is 3. The van der Waals surface area contributed by atoms with Crippen LogP contribution in [0.25, 0.3) is 0 Å². The minimum atomic E-state index is -3.72. The molecule has 2 aromatic carbocycles. The van der Waals surface area contributed by atoms with Gasteiger partial charge in [0.2, 0.25) is 0 Å². The largest absolute Gasteiger partial charge is 0.394 e. The molecule has 2 fully saturated rings. The van der Waals surface area contributed by atoms with E-state index in [0.717, 1.165) is 18.2 Å². The van der Waals surface area contributed by atoms with Crippen molar-refractivity contribution >= 4 is 33.4 Å². The van der Waals surface area contributed by atoms with Crippen LogP contribution in [-0.2, 0) is 14.6 Å². The SMILES string of the molecule is Cc1cc(C)cc(N2CCN(C(=O)c3ccc(N4C(C=O)CC[C@H]4CO)cc3S(C)(=O)=O)CC2)c1. The molecular weight excluding hydrogens is 466 g/mol. The predicted octanol–water partition coefficient (Wildman–Crippen LogP) is 2.20. The first-order valence-corrected chi connectivity index (χ1v) is 13.8. The van der Waals surface area contributed by atoms with Gasteiger partial charge in [0, 0.05) is 43.8 Å². The van der Waals surface area contributed by atoms with Crippen LogP contribution in [0.1, 0.15) is 34.3 Å². The van der Waals surface area contributed by atoms with E-state index >= 15 is 0 Å². The van der Waals surface area contributed by atoms with E-state index in [9.17, 15) is 23.1 Å². The Kier molecular flexibility index (Phi) is 7.19. The smallest absolute Gasteiger partial charge is 0.255 e. The minimum Gasteiger partial charge on any atom is -0.394 e. The van der Waals surface area contributed by atoms with Gasteiger partial charge in [0.05, 0.1) is 29.1 Å². The Morgan fingerprint density at radius 3 is 2.23 bits per heavy atom. The first kappa shape index (κ1) is 25.2. The van der Waals surface area contributed by atoms with Crippen molar-refractivity contribution in [3.63, 3.8) is 0 Å². The van der Waals surface area contributed by atoms with Crippen molar-refractivity contribution in [2.45, 2.75) is 43.7 Å². The van der Waals surface area contributed by atoms with Crippen LogP contribution < -0.4 is 9.80 Å². The predicted molar refractivity (Wildman–Crippen MR) is 136 cm³/mol. The molecule has 2 saturated heterocycles. The summed E-state index contributed by atoms with van der Waals surface area (Å²) in [7, 11) is -3.72. The lowest BCUT2D eigenvalue weighted by Gasteiger charge is -2.36. The number of carbonyl (C=O) groups is 2. The van der Waals surface area contributed by atoms with Gasteiger partial charge >= 0.3 is 0 Å². The molecule has 0 saturated carbocycles. The van der Waals surface area contributed by atoms with Gasteiger partial charge in [-0.15, -0.1) is 0 Å². The molecule has 1 N–H and O–H groups in total. The summed E-state index contributed by atoms with van der Waals surface area (Å²) in [5.74, 6) is -0.316. The van der Waals surface area contributed by atoms with E-state index in [-0.39, 0.29) is 29.0 Å². The number of aliphatic hydroxyl groups is 1. The van der Waals surface area contributed by atoms with Crippen LogP contribution in [-0.4, -0.2) is 81.7 Å². The number of aldehydes is 1. The van der Waals surface area contributed by atoms with Gasteiger partial charge in [-0.2, -0.15) is 0 Å². The van der Waals surface area contributed by atoms with Crippen molar-refractivity contribution in [2.24, 2.45) is 0 Å². The molecule has 0 aromatic heterocycles. The molecule has 35 heavy (non-hydrogen) atoms. The van der Waals surface area contributed by atoms with Crippen molar-refractivity contribution < 1.29 is 23.1 Å². The zero-order chi connectivity index (χ0) is 25.3. The van der Waals surface area contributed by atoms with Gasteiger partial charge in [-0.3, -0.25) is 4.79 Å². The van der Waals surface area contributed by atoms with Crippen LogP contribution in [0.2, 0.25) is 0 Å². The molecule has 2 aromatic rings. The number of carbonyl (C=O) groups excluding carboxylic acids is 2. The maximum absolute atomic E-state index is 13.4. The molecular formula is C26H33N3O5S. The molecule has 4 rings (SSSR count). The number of benzene rings is 2. The summed E-state index contributed by atoms with van der Waals surface area (Å²) in [6, 6.07) is 10.4. The lowest BCUT2D eigenvalue weighted by Crippen LogP contribution is -2.49. The Labute approximate surface area is 207 Å². The maximum Gasteiger partial charge on any atom is 0.255 e. The number of anilines is 2. The summed E-state index contributed by atoms with van der Waals surface area (Å²) < 4.78 is 25.4. The first-order valence-electron chi connectivity index (χ1n) is 11.9. The van der Waals surface area contributed by atoms with Gasteiger partial charge in [0.25, 0.3) is 5.91 Å². The third-order valence-corrected chi connectivity index (χ3v) is 8.08. The van der Waals surface area contributed by atoms with E-state index in [1.165, 1.54) is 17.2 Å². The van der Waals surface area contributed by atoms with Gasteiger partial charge in [-0.1, -0.05) is 6.07 Å². The second-order valence-corrected chi connectivity index (χ2v) is 11.6. The van der Waals surface area contributed by atoms with Gasteiger partial charge < -0.3 is 24.6 Å². The fourth-order valence-corrected chi connectivity index (χ4v) is 6.14. The molecule has 0 bridgehead atoms. The van der Waals surface area contributed by atoms with Crippen molar-refractivity contribution in [1.82, 2.24) is 4.90 Å². The van der Waals surface area contributed by atoms with Crippen molar-refractivity contribution in [3.8, 4) is 0 Å². The lowest BCUT2D eigenvalue weighted by molar-refractivity contribution is -0.108. The normalized spacial score (nSPS) is 20.9. The lowest BCUT2D eigenvalue weighted by atomic mass is 10.1. The third-order valence-electron chi connectivity index (χ3n) is 6.95. The summed E-state index contributed by atoms with van der Waals surface area (Å²) in [6.07, 6.45) is 3.14. The fourth-order valence-electron chi connectivity index (χ4n) is 5.25. The van der Waals surface area contributed by atoms with Crippen LogP contribution in [0.15, 0.2) is 41.3 Å². The van der Waals surface area contributed by atoms with Gasteiger partial charge in [0.15, 0.2) is 9.84 Å². The second kappa shape index (κ2) is 9.99. The molecule has 0 radical (unpaired) electrons. The summed E-state index contributed by atoms with van der Waals surface area (Å²) >= 11 is 0. The Morgan fingerprint density at radius 2 is 1.66 bits per heavy atom. The molecule has 1 amide bonds. The number of aliphatic hydroxyl groups excluding tert-OH is 1. The van der Waals surface area contributed by atoms with E-state index < -0.39 is 15.9 Å². The number of amides is 1. The van der Waals surface area contributed by atoms with Crippen molar-refractivity contribution in [2.75, 3.05) is 48.8 Å². The molecule has 1 unspecified atom stereocenters. The number of hydrogen-bond donors (Lipinski definition) is 1. The molecule has 0 aliphatic carbocycles. The van der Waals surface area contributed by atoms with Gasteiger partial charge in [-0.05, 0) is 68.1 Å². The average Bonchev–Trinajstić information content (AvgIpc) is 3.25. The Morgan fingerprint density at radius 1 is 1.00 bits per heavy atom. The summed E-state index contributed by atoms with van der Waals surface area (Å²) in [5, 5.41) is 9.75. The number of hydrogen-bond acceptors (Lipinski definition) is 7. The van der Waals surface area contributed by atoms with Crippen LogP contribution in [0.4, 0.5) is 11.4 Å². The zero-order valence-electron chi connectivity index (χ0n) is 20.5. The third kappa shape index (κ3) is 5.21. The van der Waals surface area contributed by atoms with Gasteiger partial charge in [0.1, 0.15) is 6.29 Å². The highest BCUT2D eigenvalue weighted by Gasteiger charge is 2.34. The topological polar surface area (TPSA) is 98.2 Å². The van der Waals surface area contributed by atoms with Crippen LogP contribution in [0.5, 0.6) is 0 Å².